The van der Waals surface area contributed by atoms with Crippen molar-refractivity contribution in [1.29, 1.82) is 0 Å². The maximum absolute atomic E-state index is 11.9. The molecular formula is C21H29IN4O. The van der Waals surface area contributed by atoms with Crippen molar-refractivity contribution in [3.8, 4) is 0 Å². The SMILES string of the molecule is CCNC(=NCc1ccc(C(=O)N(C)C)cc1)NCCc1ccccc1.I. The molecule has 0 aliphatic rings. The van der Waals surface area contributed by atoms with Crippen molar-refractivity contribution in [2.45, 2.75) is 19.9 Å². The average Bonchev–Trinajstić information content (AvgIpc) is 2.66. The second-order valence-electron chi connectivity index (χ2n) is 6.25. The molecule has 0 radical (unpaired) electrons. The minimum Gasteiger partial charge on any atom is -0.357 e. The molecule has 6 heteroatoms. The van der Waals surface area contributed by atoms with Crippen LogP contribution in [0, 0.1) is 0 Å². The fourth-order valence-electron chi connectivity index (χ4n) is 2.49. The zero-order chi connectivity index (χ0) is 18.8. The van der Waals surface area contributed by atoms with E-state index in [-0.39, 0.29) is 29.9 Å². The Labute approximate surface area is 179 Å². The Kier molecular flexibility index (Phi) is 10.5. The van der Waals surface area contributed by atoms with Crippen LogP contribution in [0.5, 0.6) is 0 Å². The topological polar surface area (TPSA) is 56.7 Å². The average molecular weight is 480 g/mol. The molecule has 0 bridgehead atoms. The molecule has 2 aromatic carbocycles. The van der Waals surface area contributed by atoms with Gasteiger partial charge < -0.3 is 15.5 Å². The summed E-state index contributed by atoms with van der Waals surface area (Å²) in [6.07, 6.45) is 0.951. The Hall–Kier alpha value is -2.09. The zero-order valence-electron chi connectivity index (χ0n) is 16.2. The van der Waals surface area contributed by atoms with Gasteiger partial charge in [0.15, 0.2) is 5.96 Å². The molecule has 27 heavy (non-hydrogen) atoms. The van der Waals surface area contributed by atoms with Crippen LogP contribution in [-0.4, -0.2) is 44.0 Å². The quantitative estimate of drug-likeness (QED) is 0.363. The number of amides is 1. The highest BCUT2D eigenvalue weighted by atomic mass is 127. The van der Waals surface area contributed by atoms with E-state index in [2.05, 4.69) is 46.8 Å². The van der Waals surface area contributed by atoms with Gasteiger partial charge >= 0.3 is 0 Å². The van der Waals surface area contributed by atoms with E-state index in [1.165, 1.54) is 5.56 Å². The van der Waals surface area contributed by atoms with Crippen LogP contribution in [0.15, 0.2) is 59.6 Å². The van der Waals surface area contributed by atoms with Gasteiger partial charge in [0, 0.05) is 32.7 Å². The molecule has 2 N–H and O–H groups in total. The van der Waals surface area contributed by atoms with Crippen LogP contribution in [0.3, 0.4) is 0 Å². The second-order valence-corrected chi connectivity index (χ2v) is 6.25. The van der Waals surface area contributed by atoms with Crippen molar-refractivity contribution in [1.82, 2.24) is 15.5 Å². The van der Waals surface area contributed by atoms with Crippen molar-refractivity contribution in [2.24, 2.45) is 4.99 Å². The number of hydrogen-bond donors (Lipinski definition) is 2. The van der Waals surface area contributed by atoms with E-state index in [9.17, 15) is 4.79 Å². The highest BCUT2D eigenvalue weighted by Gasteiger charge is 2.07. The number of rotatable bonds is 7. The molecule has 2 aromatic rings. The van der Waals surface area contributed by atoms with Gasteiger partial charge in [-0.15, -0.1) is 24.0 Å². The summed E-state index contributed by atoms with van der Waals surface area (Å²) in [6.45, 7) is 4.26. The summed E-state index contributed by atoms with van der Waals surface area (Å²) in [5.74, 6) is 0.813. The van der Waals surface area contributed by atoms with Gasteiger partial charge in [-0.2, -0.15) is 0 Å². The summed E-state index contributed by atoms with van der Waals surface area (Å²) in [4.78, 5) is 18.1. The highest BCUT2D eigenvalue weighted by Crippen LogP contribution is 2.07. The standard InChI is InChI=1S/C21H28N4O.HI/c1-4-22-21(23-15-14-17-8-6-5-7-9-17)24-16-18-10-12-19(13-11-18)20(26)25(2)3;/h5-13H,4,14-16H2,1-3H3,(H2,22,23,24);1H. The highest BCUT2D eigenvalue weighted by molar-refractivity contribution is 14.0. The van der Waals surface area contributed by atoms with E-state index in [0.717, 1.165) is 31.0 Å². The summed E-state index contributed by atoms with van der Waals surface area (Å²) in [6, 6.07) is 18.0. The molecule has 0 saturated carbocycles. The van der Waals surface area contributed by atoms with Crippen LogP contribution in [-0.2, 0) is 13.0 Å². The molecule has 146 valence electrons. The lowest BCUT2D eigenvalue weighted by atomic mass is 10.1. The molecule has 0 aromatic heterocycles. The van der Waals surface area contributed by atoms with Crippen molar-refractivity contribution in [3.63, 3.8) is 0 Å². The number of hydrogen-bond acceptors (Lipinski definition) is 2. The van der Waals surface area contributed by atoms with E-state index >= 15 is 0 Å². The van der Waals surface area contributed by atoms with Crippen LogP contribution >= 0.6 is 24.0 Å². The molecular weight excluding hydrogens is 451 g/mol. The van der Waals surface area contributed by atoms with Crippen LogP contribution in [0.4, 0.5) is 0 Å². The van der Waals surface area contributed by atoms with E-state index < -0.39 is 0 Å². The Bertz CT molecular complexity index is 715. The fraction of sp³-hybridized carbons (Fsp3) is 0.333. The first-order valence-corrected chi connectivity index (χ1v) is 8.97. The molecule has 0 aliphatic heterocycles. The molecule has 0 saturated heterocycles. The Morgan fingerprint density at radius 3 is 2.22 bits per heavy atom. The number of halogens is 1. The largest absolute Gasteiger partial charge is 0.357 e. The fourth-order valence-corrected chi connectivity index (χ4v) is 2.49. The number of nitrogens with zero attached hydrogens (tertiary/aromatic N) is 2. The van der Waals surface area contributed by atoms with Gasteiger partial charge in [0.25, 0.3) is 5.91 Å². The first-order valence-electron chi connectivity index (χ1n) is 8.97. The number of guanidine groups is 1. The van der Waals surface area contributed by atoms with Crippen molar-refractivity contribution < 1.29 is 4.79 Å². The monoisotopic (exact) mass is 480 g/mol. The summed E-state index contributed by atoms with van der Waals surface area (Å²) >= 11 is 0. The van der Waals surface area contributed by atoms with Gasteiger partial charge in [-0.1, -0.05) is 42.5 Å². The van der Waals surface area contributed by atoms with E-state index in [1.54, 1.807) is 19.0 Å². The zero-order valence-corrected chi connectivity index (χ0v) is 18.6. The third-order valence-corrected chi connectivity index (χ3v) is 3.92. The smallest absolute Gasteiger partial charge is 0.253 e. The van der Waals surface area contributed by atoms with Crippen molar-refractivity contribution in [2.75, 3.05) is 27.2 Å². The first kappa shape index (κ1) is 23.0. The molecule has 5 nitrogen and oxygen atoms in total. The molecule has 0 fully saturated rings. The molecule has 0 unspecified atom stereocenters. The maximum Gasteiger partial charge on any atom is 0.253 e. The lowest BCUT2D eigenvalue weighted by Gasteiger charge is -2.12. The molecule has 1 amide bonds. The van der Waals surface area contributed by atoms with E-state index in [4.69, 9.17) is 0 Å². The van der Waals surface area contributed by atoms with Crippen LogP contribution in [0.1, 0.15) is 28.4 Å². The third-order valence-electron chi connectivity index (χ3n) is 3.92. The first-order chi connectivity index (χ1) is 12.6. The lowest BCUT2D eigenvalue weighted by molar-refractivity contribution is 0.0827. The number of nitrogens with one attached hydrogen (secondary N) is 2. The van der Waals surface area contributed by atoms with Gasteiger partial charge in [0.1, 0.15) is 0 Å². The Morgan fingerprint density at radius 1 is 0.963 bits per heavy atom. The molecule has 0 spiro atoms. The predicted molar refractivity (Wildman–Crippen MR) is 123 cm³/mol. The Balaban J connectivity index is 0.00000364. The van der Waals surface area contributed by atoms with Crippen LogP contribution in [0.2, 0.25) is 0 Å². The van der Waals surface area contributed by atoms with Crippen LogP contribution < -0.4 is 10.6 Å². The van der Waals surface area contributed by atoms with Gasteiger partial charge in [-0.05, 0) is 36.6 Å². The predicted octanol–water partition coefficient (Wildman–Crippen LogP) is 3.30. The minimum atomic E-state index is 0. The minimum absolute atomic E-state index is 0. The molecule has 0 aliphatic carbocycles. The Morgan fingerprint density at radius 2 is 1.63 bits per heavy atom. The summed E-state index contributed by atoms with van der Waals surface area (Å²) in [5, 5.41) is 6.62. The second kappa shape index (κ2) is 12.3. The summed E-state index contributed by atoms with van der Waals surface area (Å²) in [5.41, 5.74) is 3.06. The third kappa shape index (κ3) is 7.99. The van der Waals surface area contributed by atoms with E-state index in [1.807, 2.05) is 30.3 Å². The summed E-state index contributed by atoms with van der Waals surface area (Å²) in [7, 11) is 3.51. The molecule has 2 rings (SSSR count). The number of carbonyl (C=O) groups is 1. The van der Waals surface area contributed by atoms with Crippen molar-refractivity contribution >= 4 is 35.8 Å². The van der Waals surface area contributed by atoms with Gasteiger partial charge in [-0.25, -0.2) is 4.99 Å². The number of benzene rings is 2. The van der Waals surface area contributed by atoms with Gasteiger partial charge in [-0.3, -0.25) is 4.79 Å². The van der Waals surface area contributed by atoms with E-state index in [0.29, 0.717) is 12.1 Å². The molecule has 0 heterocycles. The van der Waals surface area contributed by atoms with Gasteiger partial charge in [0.05, 0.1) is 6.54 Å². The number of carbonyl (C=O) groups excluding carboxylic acids is 1. The normalized spacial score (nSPS) is 10.7. The van der Waals surface area contributed by atoms with Gasteiger partial charge in [0.2, 0.25) is 0 Å². The van der Waals surface area contributed by atoms with Crippen molar-refractivity contribution in [3.05, 3.63) is 71.3 Å². The lowest BCUT2D eigenvalue weighted by Crippen LogP contribution is -2.38. The maximum atomic E-state index is 11.9. The summed E-state index contributed by atoms with van der Waals surface area (Å²) < 4.78 is 0. The number of aliphatic imine (C=N–C) groups is 1. The van der Waals surface area contributed by atoms with Crippen LogP contribution in [0.25, 0.3) is 0 Å². The molecule has 0 atom stereocenters.